The average molecular weight is 391 g/mol. The second kappa shape index (κ2) is 9.62. The minimum absolute atomic E-state index is 0.0555. The Morgan fingerprint density at radius 2 is 1.39 bits per heavy atom. The van der Waals surface area contributed by atoms with Crippen LogP contribution in [0.5, 0.6) is 0 Å². The molecule has 6 heteroatoms. The van der Waals surface area contributed by atoms with Crippen LogP contribution in [0.3, 0.4) is 0 Å². The molecule has 0 fully saturated rings. The zero-order valence-electron chi connectivity index (χ0n) is 15.4. The van der Waals surface area contributed by atoms with Crippen LogP contribution in [0.25, 0.3) is 0 Å². The van der Waals surface area contributed by atoms with Crippen LogP contribution in [0.15, 0.2) is 83.8 Å². The van der Waals surface area contributed by atoms with E-state index in [9.17, 15) is 9.59 Å². The van der Waals surface area contributed by atoms with Gasteiger partial charge in [0.2, 0.25) is 5.91 Å². The number of hydrogen-bond donors (Lipinski definition) is 3. The second-order valence-corrected chi connectivity index (χ2v) is 7.22. The highest BCUT2D eigenvalue weighted by atomic mass is 32.2. The van der Waals surface area contributed by atoms with Gasteiger partial charge in [-0.3, -0.25) is 4.79 Å². The van der Waals surface area contributed by atoms with E-state index in [1.54, 1.807) is 0 Å². The molecule has 0 aliphatic heterocycles. The minimum Gasteiger partial charge on any atom is -0.325 e. The molecule has 0 saturated carbocycles. The largest absolute Gasteiger partial charge is 0.325 e. The van der Waals surface area contributed by atoms with Crippen LogP contribution in [-0.2, 0) is 4.79 Å². The summed E-state index contributed by atoms with van der Waals surface area (Å²) in [5.74, 6) is 0.259. The molecule has 0 spiro atoms. The summed E-state index contributed by atoms with van der Waals surface area (Å²) in [7, 11) is 0. The van der Waals surface area contributed by atoms with Gasteiger partial charge in [0.05, 0.1) is 5.75 Å². The molecule has 3 N–H and O–H groups in total. The number of rotatable bonds is 6. The van der Waals surface area contributed by atoms with Crippen molar-refractivity contribution in [1.29, 1.82) is 0 Å². The van der Waals surface area contributed by atoms with Crippen molar-refractivity contribution in [2.45, 2.75) is 11.8 Å². The lowest BCUT2D eigenvalue weighted by Gasteiger charge is -2.09. The van der Waals surface area contributed by atoms with Crippen LogP contribution in [0.2, 0.25) is 0 Å². The van der Waals surface area contributed by atoms with Gasteiger partial charge in [-0.25, -0.2) is 4.79 Å². The predicted molar refractivity (Wildman–Crippen MR) is 116 cm³/mol. The molecule has 3 rings (SSSR count). The number of carbonyl (C=O) groups excluding carboxylic acids is 2. The maximum atomic E-state index is 12.1. The molecular formula is C22H21N3O2S. The summed E-state index contributed by atoms with van der Waals surface area (Å²) in [6.45, 7) is 1.99. The number of thioether (sulfide) groups is 1. The number of amides is 3. The molecule has 0 aliphatic rings. The number of aryl methyl sites for hydroxylation is 1. The van der Waals surface area contributed by atoms with Gasteiger partial charge >= 0.3 is 6.03 Å². The Morgan fingerprint density at radius 1 is 0.750 bits per heavy atom. The van der Waals surface area contributed by atoms with Crippen molar-refractivity contribution in [3.63, 3.8) is 0 Å². The molecule has 0 heterocycles. The molecular weight excluding hydrogens is 370 g/mol. The summed E-state index contributed by atoms with van der Waals surface area (Å²) < 4.78 is 0. The highest BCUT2D eigenvalue weighted by Gasteiger charge is 2.06. The lowest BCUT2D eigenvalue weighted by atomic mass is 10.2. The highest BCUT2D eigenvalue weighted by molar-refractivity contribution is 8.00. The van der Waals surface area contributed by atoms with E-state index in [1.807, 2.05) is 85.8 Å². The first kappa shape index (κ1) is 19.5. The van der Waals surface area contributed by atoms with Gasteiger partial charge in [-0.1, -0.05) is 30.3 Å². The van der Waals surface area contributed by atoms with Crippen LogP contribution in [0.1, 0.15) is 5.56 Å². The molecule has 5 nitrogen and oxygen atoms in total. The lowest BCUT2D eigenvalue weighted by Crippen LogP contribution is -2.19. The van der Waals surface area contributed by atoms with Crippen molar-refractivity contribution in [3.05, 3.63) is 84.4 Å². The minimum atomic E-state index is -0.302. The number of benzene rings is 3. The molecule has 3 aromatic carbocycles. The Bertz CT molecular complexity index is 944. The van der Waals surface area contributed by atoms with Gasteiger partial charge in [0.1, 0.15) is 0 Å². The third kappa shape index (κ3) is 6.17. The number of anilines is 3. The number of urea groups is 1. The quantitative estimate of drug-likeness (QED) is 0.495. The van der Waals surface area contributed by atoms with Crippen molar-refractivity contribution in [2.24, 2.45) is 0 Å². The summed E-state index contributed by atoms with van der Waals surface area (Å²) in [5, 5.41) is 8.43. The standard InChI is InChI=1S/C22H21N3O2S/c1-16-6-5-9-19(14-16)23-21(26)15-28-20-12-10-18(11-13-20)25-22(27)24-17-7-3-2-4-8-17/h2-14H,15H2,1H3,(H,23,26)(H2,24,25,27). The Hall–Kier alpha value is -3.25. The normalized spacial score (nSPS) is 10.2. The van der Waals surface area contributed by atoms with Gasteiger partial charge in [0.15, 0.2) is 0 Å². The molecule has 0 unspecified atom stereocenters. The van der Waals surface area contributed by atoms with Crippen LogP contribution in [0.4, 0.5) is 21.9 Å². The van der Waals surface area contributed by atoms with E-state index >= 15 is 0 Å². The van der Waals surface area contributed by atoms with Gasteiger partial charge in [0.25, 0.3) is 0 Å². The molecule has 28 heavy (non-hydrogen) atoms. The molecule has 0 aromatic heterocycles. The first-order chi connectivity index (χ1) is 13.6. The van der Waals surface area contributed by atoms with Gasteiger partial charge < -0.3 is 16.0 Å². The number of carbonyl (C=O) groups is 2. The Kier molecular flexibility index (Phi) is 6.70. The highest BCUT2D eigenvalue weighted by Crippen LogP contribution is 2.21. The van der Waals surface area contributed by atoms with Crippen molar-refractivity contribution in [2.75, 3.05) is 21.7 Å². The molecule has 0 radical (unpaired) electrons. The van der Waals surface area contributed by atoms with Crippen LogP contribution >= 0.6 is 11.8 Å². The van der Waals surface area contributed by atoms with Gasteiger partial charge in [-0.15, -0.1) is 11.8 Å². The van der Waals surface area contributed by atoms with Gasteiger partial charge in [-0.2, -0.15) is 0 Å². The third-order valence-electron chi connectivity index (χ3n) is 3.82. The zero-order valence-corrected chi connectivity index (χ0v) is 16.3. The molecule has 3 amide bonds. The van der Waals surface area contributed by atoms with E-state index in [0.717, 1.165) is 21.8 Å². The predicted octanol–water partition coefficient (Wildman–Crippen LogP) is 5.37. The van der Waals surface area contributed by atoms with E-state index in [2.05, 4.69) is 16.0 Å². The van der Waals surface area contributed by atoms with Crippen LogP contribution in [-0.4, -0.2) is 17.7 Å². The molecule has 142 valence electrons. The first-order valence-corrected chi connectivity index (χ1v) is 9.79. The Balaban J connectivity index is 1.46. The summed E-state index contributed by atoms with van der Waals surface area (Å²) >= 11 is 1.44. The molecule has 0 saturated heterocycles. The monoisotopic (exact) mass is 391 g/mol. The maximum absolute atomic E-state index is 12.1. The number of hydrogen-bond acceptors (Lipinski definition) is 3. The van der Waals surface area contributed by atoms with E-state index < -0.39 is 0 Å². The second-order valence-electron chi connectivity index (χ2n) is 6.18. The SMILES string of the molecule is Cc1cccc(NC(=O)CSc2ccc(NC(=O)Nc3ccccc3)cc2)c1. The Morgan fingerprint density at radius 3 is 2.07 bits per heavy atom. The molecule has 3 aromatic rings. The molecule has 0 atom stereocenters. The Labute approximate surface area is 168 Å². The first-order valence-electron chi connectivity index (χ1n) is 8.81. The van der Waals surface area contributed by atoms with E-state index in [1.165, 1.54) is 11.8 Å². The van der Waals surface area contributed by atoms with Crippen molar-refractivity contribution in [3.8, 4) is 0 Å². The van der Waals surface area contributed by atoms with Gasteiger partial charge in [0, 0.05) is 22.0 Å². The number of para-hydroxylation sites is 1. The fourth-order valence-corrected chi connectivity index (χ4v) is 3.22. The molecule has 0 bridgehead atoms. The summed E-state index contributed by atoms with van der Waals surface area (Å²) in [6, 6.07) is 24.0. The lowest BCUT2D eigenvalue weighted by molar-refractivity contribution is -0.113. The summed E-state index contributed by atoms with van der Waals surface area (Å²) in [5.41, 5.74) is 3.31. The molecule has 0 aliphatic carbocycles. The van der Waals surface area contributed by atoms with Crippen molar-refractivity contribution >= 4 is 40.8 Å². The zero-order chi connectivity index (χ0) is 19.8. The fourth-order valence-electron chi connectivity index (χ4n) is 2.52. The smallest absolute Gasteiger partial charge is 0.323 e. The van der Waals surface area contributed by atoms with E-state index in [-0.39, 0.29) is 11.9 Å². The third-order valence-corrected chi connectivity index (χ3v) is 4.83. The summed E-state index contributed by atoms with van der Waals surface area (Å²) in [4.78, 5) is 25.0. The topological polar surface area (TPSA) is 70.2 Å². The number of nitrogens with one attached hydrogen (secondary N) is 3. The van der Waals surface area contributed by atoms with Gasteiger partial charge in [-0.05, 0) is 61.0 Å². The van der Waals surface area contributed by atoms with Crippen LogP contribution < -0.4 is 16.0 Å². The summed E-state index contributed by atoms with van der Waals surface area (Å²) in [6.07, 6.45) is 0. The fraction of sp³-hybridized carbons (Fsp3) is 0.0909. The van der Waals surface area contributed by atoms with Crippen molar-refractivity contribution < 1.29 is 9.59 Å². The van der Waals surface area contributed by atoms with E-state index in [0.29, 0.717) is 11.4 Å². The average Bonchev–Trinajstić information content (AvgIpc) is 2.68. The van der Waals surface area contributed by atoms with E-state index in [4.69, 9.17) is 0 Å². The maximum Gasteiger partial charge on any atom is 0.323 e. The van der Waals surface area contributed by atoms with Crippen molar-refractivity contribution in [1.82, 2.24) is 0 Å². The van der Waals surface area contributed by atoms with Crippen LogP contribution in [0, 0.1) is 6.92 Å².